The van der Waals surface area contributed by atoms with Crippen molar-refractivity contribution in [1.29, 1.82) is 0 Å². The lowest BCUT2D eigenvalue weighted by molar-refractivity contribution is -0.117. The number of benzene rings is 1. The van der Waals surface area contributed by atoms with Crippen LogP contribution in [-0.4, -0.2) is 30.7 Å². The van der Waals surface area contributed by atoms with E-state index in [2.05, 4.69) is 21.2 Å². The Hall–Kier alpha value is -1.40. The Labute approximate surface area is 107 Å². The number of halogens is 1. The molecule has 0 bridgehead atoms. The Morgan fingerprint density at radius 3 is 2.76 bits per heavy atom. The average molecular weight is 302 g/mol. The molecule has 17 heavy (non-hydrogen) atoms. The van der Waals surface area contributed by atoms with Gasteiger partial charge in [0.1, 0.15) is 0 Å². The first-order valence-electron chi connectivity index (χ1n) is 4.86. The zero-order valence-corrected chi connectivity index (χ0v) is 10.8. The Balaban J connectivity index is 2.79. The summed E-state index contributed by atoms with van der Waals surface area (Å²) in [5.74, 6) is -1.26. The first-order valence-corrected chi connectivity index (χ1v) is 5.65. The van der Waals surface area contributed by atoms with E-state index in [0.717, 1.165) is 0 Å². The van der Waals surface area contributed by atoms with Crippen molar-refractivity contribution in [2.75, 3.05) is 19.0 Å². The SMILES string of the molecule is COCCC(=O)Nc1cc(C(=O)O)ccc1Br. The quantitative estimate of drug-likeness (QED) is 0.873. The van der Waals surface area contributed by atoms with E-state index in [1.165, 1.54) is 19.2 Å². The highest BCUT2D eigenvalue weighted by Gasteiger charge is 2.09. The molecule has 5 nitrogen and oxygen atoms in total. The van der Waals surface area contributed by atoms with Gasteiger partial charge in [-0.3, -0.25) is 4.79 Å². The third-order valence-corrected chi connectivity index (χ3v) is 2.71. The lowest BCUT2D eigenvalue weighted by Crippen LogP contribution is -2.14. The van der Waals surface area contributed by atoms with Crippen LogP contribution in [-0.2, 0) is 9.53 Å². The van der Waals surface area contributed by atoms with Crippen LogP contribution in [0, 0.1) is 0 Å². The van der Waals surface area contributed by atoms with Crippen LogP contribution in [0.5, 0.6) is 0 Å². The summed E-state index contributed by atoms with van der Waals surface area (Å²) in [7, 11) is 1.51. The van der Waals surface area contributed by atoms with Gasteiger partial charge in [-0.15, -0.1) is 0 Å². The summed E-state index contributed by atoms with van der Waals surface area (Å²) in [6.45, 7) is 0.322. The molecule has 0 fully saturated rings. The van der Waals surface area contributed by atoms with Gasteiger partial charge in [0.2, 0.25) is 5.91 Å². The Kier molecular flexibility index (Phi) is 5.11. The topological polar surface area (TPSA) is 75.6 Å². The maximum atomic E-state index is 11.4. The van der Waals surface area contributed by atoms with E-state index in [1.54, 1.807) is 6.07 Å². The minimum Gasteiger partial charge on any atom is -0.478 e. The largest absolute Gasteiger partial charge is 0.478 e. The van der Waals surface area contributed by atoms with E-state index >= 15 is 0 Å². The van der Waals surface area contributed by atoms with E-state index in [9.17, 15) is 9.59 Å². The number of hydrogen-bond acceptors (Lipinski definition) is 3. The molecule has 2 N–H and O–H groups in total. The van der Waals surface area contributed by atoms with Gasteiger partial charge in [-0.2, -0.15) is 0 Å². The van der Waals surface area contributed by atoms with Crippen molar-refractivity contribution in [2.24, 2.45) is 0 Å². The van der Waals surface area contributed by atoms with Crippen LogP contribution >= 0.6 is 15.9 Å². The predicted molar refractivity (Wildman–Crippen MR) is 66.2 cm³/mol. The summed E-state index contributed by atoms with van der Waals surface area (Å²) < 4.78 is 5.41. The zero-order valence-electron chi connectivity index (χ0n) is 9.20. The molecule has 0 heterocycles. The van der Waals surface area contributed by atoms with Crippen LogP contribution in [0.4, 0.5) is 5.69 Å². The lowest BCUT2D eigenvalue weighted by atomic mass is 10.2. The molecule has 0 aliphatic carbocycles. The van der Waals surface area contributed by atoms with E-state index in [0.29, 0.717) is 16.8 Å². The molecule has 92 valence electrons. The number of hydrogen-bond donors (Lipinski definition) is 2. The fourth-order valence-corrected chi connectivity index (χ4v) is 1.51. The summed E-state index contributed by atoms with van der Waals surface area (Å²) in [4.78, 5) is 22.2. The van der Waals surface area contributed by atoms with E-state index in [4.69, 9.17) is 9.84 Å². The number of carbonyl (C=O) groups is 2. The molecule has 0 radical (unpaired) electrons. The highest BCUT2D eigenvalue weighted by molar-refractivity contribution is 9.10. The molecule has 0 unspecified atom stereocenters. The molecule has 1 amide bonds. The van der Waals surface area contributed by atoms with Crippen molar-refractivity contribution >= 4 is 33.5 Å². The second-order valence-corrected chi connectivity index (χ2v) is 4.15. The maximum absolute atomic E-state index is 11.4. The number of rotatable bonds is 5. The second-order valence-electron chi connectivity index (χ2n) is 3.29. The predicted octanol–water partition coefficient (Wildman–Crippen LogP) is 2.12. The summed E-state index contributed by atoms with van der Waals surface area (Å²) in [6.07, 6.45) is 0.222. The first-order chi connectivity index (χ1) is 8.04. The maximum Gasteiger partial charge on any atom is 0.335 e. The molecule has 1 aromatic rings. The zero-order chi connectivity index (χ0) is 12.8. The number of carboxylic acid groups (broad SMARTS) is 1. The van der Waals surface area contributed by atoms with Gasteiger partial charge in [-0.05, 0) is 34.1 Å². The van der Waals surface area contributed by atoms with E-state index < -0.39 is 5.97 Å². The van der Waals surface area contributed by atoms with E-state index in [1.807, 2.05) is 0 Å². The number of nitrogens with one attached hydrogen (secondary N) is 1. The molecule has 0 atom stereocenters. The monoisotopic (exact) mass is 301 g/mol. The Morgan fingerprint density at radius 1 is 1.47 bits per heavy atom. The Bertz CT molecular complexity index is 433. The van der Waals surface area contributed by atoms with Crippen molar-refractivity contribution in [2.45, 2.75) is 6.42 Å². The highest BCUT2D eigenvalue weighted by Crippen LogP contribution is 2.23. The van der Waals surface area contributed by atoms with Crippen LogP contribution < -0.4 is 5.32 Å². The van der Waals surface area contributed by atoms with Gasteiger partial charge in [0, 0.05) is 11.6 Å². The second kappa shape index (κ2) is 6.36. The van der Waals surface area contributed by atoms with Gasteiger partial charge in [0.15, 0.2) is 0 Å². The van der Waals surface area contributed by atoms with Crippen molar-refractivity contribution in [3.05, 3.63) is 28.2 Å². The summed E-state index contributed by atoms with van der Waals surface area (Å²) in [5, 5.41) is 11.4. The smallest absolute Gasteiger partial charge is 0.335 e. The molecular weight excluding hydrogens is 290 g/mol. The third-order valence-electron chi connectivity index (χ3n) is 2.02. The molecule has 0 saturated heterocycles. The lowest BCUT2D eigenvalue weighted by Gasteiger charge is -2.08. The number of carboxylic acids is 1. The van der Waals surface area contributed by atoms with Crippen molar-refractivity contribution < 1.29 is 19.4 Å². The number of amides is 1. The minimum atomic E-state index is -1.04. The molecule has 0 aliphatic rings. The number of anilines is 1. The third kappa shape index (κ3) is 4.16. The molecule has 0 aliphatic heterocycles. The van der Waals surface area contributed by atoms with Crippen LogP contribution in [0.2, 0.25) is 0 Å². The van der Waals surface area contributed by atoms with Gasteiger partial charge >= 0.3 is 5.97 Å². The fourth-order valence-electron chi connectivity index (χ4n) is 1.16. The van der Waals surface area contributed by atoms with Crippen LogP contribution in [0.3, 0.4) is 0 Å². The standard InChI is InChI=1S/C11H12BrNO4/c1-17-5-4-10(14)13-9-6-7(11(15)16)2-3-8(9)12/h2-3,6H,4-5H2,1H3,(H,13,14)(H,15,16). The first kappa shape index (κ1) is 13.7. The van der Waals surface area contributed by atoms with Crippen molar-refractivity contribution in [3.63, 3.8) is 0 Å². The highest BCUT2D eigenvalue weighted by atomic mass is 79.9. The molecule has 1 rings (SSSR count). The van der Waals surface area contributed by atoms with Crippen molar-refractivity contribution in [1.82, 2.24) is 0 Å². The Morgan fingerprint density at radius 2 is 2.18 bits per heavy atom. The van der Waals surface area contributed by atoms with Gasteiger partial charge in [0.05, 0.1) is 24.3 Å². The van der Waals surface area contributed by atoms with Crippen LogP contribution in [0.25, 0.3) is 0 Å². The number of ether oxygens (including phenoxy) is 1. The molecule has 0 aromatic heterocycles. The van der Waals surface area contributed by atoms with E-state index in [-0.39, 0.29) is 17.9 Å². The molecule has 6 heteroatoms. The molecule has 1 aromatic carbocycles. The van der Waals surface area contributed by atoms with Gasteiger partial charge in [-0.25, -0.2) is 4.79 Å². The van der Waals surface area contributed by atoms with Crippen LogP contribution in [0.1, 0.15) is 16.8 Å². The number of carbonyl (C=O) groups excluding carboxylic acids is 1. The molecule has 0 saturated carbocycles. The molecule has 0 spiro atoms. The number of methoxy groups -OCH3 is 1. The summed E-state index contributed by atoms with van der Waals surface area (Å²) in [5.41, 5.74) is 0.557. The normalized spacial score (nSPS) is 10.0. The number of aromatic carboxylic acids is 1. The van der Waals surface area contributed by atoms with Crippen molar-refractivity contribution in [3.8, 4) is 0 Å². The summed E-state index contributed by atoms with van der Waals surface area (Å²) >= 11 is 3.24. The fraction of sp³-hybridized carbons (Fsp3) is 0.273. The van der Waals surface area contributed by atoms with Gasteiger partial charge < -0.3 is 15.2 Å². The van der Waals surface area contributed by atoms with Crippen LogP contribution in [0.15, 0.2) is 22.7 Å². The van der Waals surface area contributed by atoms with Gasteiger partial charge in [-0.1, -0.05) is 0 Å². The van der Waals surface area contributed by atoms with Gasteiger partial charge in [0.25, 0.3) is 0 Å². The molecular formula is C11H12BrNO4. The summed E-state index contributed by atoms with van der Waals surface area (Å²) in [6, 6.07) is 4.43. The minimum absolute atomic E-state index is 0.121. The average Bonchev–Trinajstić information content (AvgIpc) is 2.29.